The summed E-state index contributed by atoms with van der Waals surface area (Å²) in [4.78, 5) is 29.0. The van der Waals surface area contributed by atoms with Gasteiger partial charge in [0.1, 0.15) is 0 Å². The maximum absolute atomic E-state index is 13.0. The van der Waals surface area contributed by atoms with Crippen molar-refractivity contribution < 1.29 is 14.3 Å². The molecule has 2 aromatic rings. The number of aryl methyl sites for hydroxylation is 1. The zero-order valence-corrected chi connectivity index (χ0v) is 15.3. The van der Waals surface area contributed by atoms with Gasteiger partial charge in [-0.1, -0.05) is 23.7 Å². The molecule has 0 spiro atoms. The number of halogens is 1. The lowest BCUT2D eigenvalue weighted by Crippen LogP contribution is -2.70. The summed E-state index contributed by atoms with van der Waals surface area (Å²) in [5.74, 6) is -0.0813. The minimum atomic E-state index is -0.193. The number of pyridine rings is 1. The normalized spacial score (nSPS) is 26.9. The summed E-state index contributed by atoms with van der Waals surface area (Å²) in [6.07, 6.45) is 0.864. The molecular formula is C19H20ClN3O3. The highest BCUT2D eigenvalue weighted by molar-refractivity contribution is 6.35. The maximum Gasteiger partial charge on any atom is 0.252 e. The Morgan fingerprint density at radius 3 is 2.85 bits per heavy atom. The highest BCUT2D eigenvalue weighted by Crippen LogP contribution is 2.39. The number of hydrogen-bond acceptors (Lipinski definition) is 4. The predicted octanol–water partition coefficient (Wildman–Crippen LogP) is 2.22. The van der Waals surface area contributed by atoms with Crippen LogP contribution < -0.4 is 10.6 Å². The second kappa shape index (κ2) is 6.52. The molecular weight excluding hydrogens is 354 g/mol. The smallest absolute Gasteiger partial charge is 0.252 e. The number of para-hydroxylation sites is 1. The van der Waals surface area contributed by atoms with E-state index < -0.39 is 0 Å². The number of amides is 2. The van der Waals surface area contributed by atoms with E-state index in [-0.39, 0.29) is 35.9 Å². The van der Waals surface area contributed by atoms with Crippen molar-refractivity contribution in [2.75, 3.05) is 6.61 Å². The number of nitrogens with zero attached hydrogens (tertiary/aromatic N) is 1. The molecule has 2 aliphatic rings. The summed E-state index contributed by atoms with van der Waals surface area (Å²) in [5.41, 5.74) is 1.89. The number of hydrogen-bond donors (Lipinski definition) is 2. The molecule has 2 fully saturated rings. The number of ether oxygens (including phenoxy) is 1. The quantitative estimate of drug-likeness (QED) is 0.864. The molecule has 1 aromatic carbocycles. The molecule has 136 valence electrons. The van der Waals surface area contributed by atoms with Crippen LogP contribution in [0.2, 0.25) is 5.02 Å². The van der Waals surface area contributed by atoms with Crippen molar-refractivity contribution in [3.05, 3.63) is 40.5 Å². The maximum atomic E-state index is 13.0. The number of benzene rings is 1. The molecule has 1 aliphatic heterocycles. The Hall–Kier alpha value is -2.18. The van der Waals surface area contributed by atoms with Crippen LogP contribution in [-0.4, -0.2) is 41.6 Å². The van der Waals surface area contributed by atoms with E-state index in [9.17, 15) is 9.59 Å². The standard InChI is InChI=1S/C19H20ClN3O3/c1-9-8-13(11-4-3-5-14(20)15(11)21-9)19(25)23-16-12-6-7-26-18(12)17(16)22-10(2)24/h3-5,8,12,16-18H,6-7H2,1-2H3,(H,22,24)(H,23,25)/t12-,16+,17-,18-/m1/s1. The molecule has 4 atom stereocenters. The van der Waals surface area contributed by atoms with Crippen molar-refractivity contribution in [3.63, 3.8) is 0 Å². The van der Waals surface area contributed by atoms with Crippen LogP contribution in [0.5, 0.6) is 0 Å². The third kappa shape index (κ3) is 2.83. The number of rotatable bonds is 3. The summed E-state index contributed by atoms with van der Waals surface area (Å²) in [5, 5.41) is 7.23. The molecule has 1 saturated heterocycles. The zero-order chi connectivity index (χ0) is 18.4. The van der Waals surface area contributed by atoms with Crippen LogP contribution in [0.25, 0.3) is 10.9 Å². The van der Waals surface area contributed by atoms with E-state index in [4.69, 9.17) is 16.3 Å². The summed E-state index contributed by atoms with van der Waals surface area (Å²) in [7, 11) is 0. The van der Waals surface area contributed by atoms with E-state index in [1.54, 1.807) is 12.1 Å². The Bertz CT molecular complexity index is 901. The molecule has 1 saturated carbocycles. The Morgan fingerprint density at radius 2 is 2.08 bits per heavy atom. The first-order valence-electron chi connectivity index (χ1n) is 8.71. The monoisotopic (exact) mass is 373 g/mol. The fraction of sp³-hybridized carbons (Fsp3) is 0.421. The zero-order valence-electron chi connectivity index (χ0n) is 14.6. The molecule has 0 unspecified atom stereocenters. The Balaban J connectivity index is 1.63. The van der Waals surface area contributed by atoms with Gasteiger partial charge < -0.3 is 15.4 Å². The summed E-state index contributed by atoms with van der Waals surface area (Å²) in [6.45, 7) is 3.97. The highest BCUT2D eigenvalue weighted by atomic mass is 35.5. The third-order valence-corrected chi connectivity index (χ3v) is 5.52. The van der Waals surface area contributed by atoms with Crippen molar-refractivity contribution in [2.45, 2.75) is 38.5 Å². The number of aromatic nitrogens is 1. The second-order valence-electron chi connectivity index (χ2n) is 6.96. The number of fused-ring (bicyclic) bond motifs is 2. The lowest BCUT2D eigenvalue weighted by atomic mass is 9.71. The summed E-state index contributed by atoms with van der Waals surface area (Å²) >= 11 is 6.25. The molecule has 7 heteroatoms. The molecule has 2 heterocycles. The van der Waals surface area contributed by atoms with Gasteiger partial charge in [-0.3, -0.25) is 14.6 Å². The van der Waals surface area contributed by atoms with Crippen LogP contribution in [0.15, 0.2) is 24.3 Å². The van der Waals surface area contributed by atoms with E-state index in [1.165, 1.54) is 6.92 Å². The topological polar surface area (TPSA) is 80.3 Å². The van der Waals surface area contributed by atoms with Crippen molar-refractivity contribution in [2.24, 2.45) is 5.92 Å². The van der Waals surface area contributed by atoms with E-state index in [0.29, 0.717) is 22.7 Å². The van der Waals surface area contributed by atoms with Gasteiger partial charge in [-0.15, -0.1) is 0 Å². The minimum Gasteiger partial charge on any atom is -0.376 e. The minimum absolute atomic E-state index is 0.0189. The van der Waals surface area contributed by atoms with E-state index in [1.807, 2.05) is 19.1 Å². The summed E-state index contributed by atoms with van der Waals surface area (Å²) in [6, 6.07) is 6.85. The first-order valence-corrected chi connectivity index (χ1v) is 9.09. The molecule has 4 rings (SSSR count). The average Bonchev–Trinajstić information content (AvgIpc) is 3.02. The first kappa shape index (κ1) is 17.2. The van der Waals surface area contributed by atoms with Gasteiger partial charge in [0.15, 0.2) is 0 Å². The van der Waals surface area contributed by atoms with Crippen molar-refractivity contribution in [3.8, 4) is 0 Å². The summed E-state index contributed by atoms with van der Waals surface area (Å²) < 4.78 is 5.69. The van der Waals surface area contributed by atoms with Gasteiger partial charge in [0, 0.05) is 30.5 Å². The van der Waals surface area contributed by atoms with Crippen LogP contribution in [0.3, 0.4) is 0 Å². The molecule has 26 heavy (non-hydrogen) atoms. The lowest BCUT2D eigenvalue weighted by molar-refractivity contribution is -0.123. The third-order valence-electron chi connectivity index (χ3n) is 5.22. The van der Waals surface area contributed by atoms with Crippen LogP contribution in [0, 0.1) is 12.8 Å². The van der Waals surface area contributed by atoms with Crippen LogP contribution >= 0.6 is 11.6 Å². The van der Waals surface area contributed by atoms with Crippen LogP contribution in [0.4, 0.5) is 0 Å². The number of carbonyl (C=O) groups is 2. The Kier molecular flexibility index (Phi) is 4.32. The van der Waals surface area contributed by atoms with Gasteiger partial charge in [-0.2, -0.15) is 0 Å². The van der Waals surface area contributed by atoms with Crippen molar-refractivity contribution in [1.82, 2.24) is 15.6 Å². The molecule has 2 amide bonds. The van der Waals surface area contributed by atoms with Crippen LogP contribution in [-0.2, 0) is 9.53 Å². The number of carbonyl (C=O) groups excluding carboxylic acids is 2. The van der Waals surface area contributed by atoms with Gasteiger partial charge >= 0.3 is 0 Å². The lowest BCUT2D eigenvalue weighted by Gasteiger charge is -2.47. The van der Waals surface area contributed by atoms with Gasteiger partial charge in [0.25, 0.3) is 5.91 Å². The van der Waals surface area contributed by atoms with Gasteiger partial charge in [0.05, 0.1) is 34.3 Å². The number of nitrogens with one attached hydrogen (secondary N) is 2. The van der Waals surface area contributed by atoms with Crippen LogP contribution in [0.1, 0.15) is 29.4 Å². The molecule has 0 radical (unpaired) electrons. The van der Waals surface area contributed by atoms with E-state index in [2.05, 4.69) is 15.6 Å². The predicted molar refractivity (Wildman–Crippen MR) is 98.2 cm³/mol. The first-order chi connectivity index (χ1) is 12.5. The fourth-order valence-corrected chi connectivity index (χ4v) is 4.29. The SMILES string of the molecule is CC(=O)N[C@@H]1[C@@H](NC(=O)c2cc(C)nc3c(Cl)cccc23)[C@H]2CCO[C@H]21. The Labute approximate surface area is 156 Å². The average molecular weight is 374 g/mol. The van der Waals surface area contributed by atoms with Gasteiger partial charge in [-0.05, 0) is 25.5 Å². The van der Waals surface area contributed by atoms with Gasteiger partial charge in [0.2, 0.25) is 5.91 Å². The van der Waals surface area contributed by atoms with Crippen molar-refractivity contribution in [1.29, 1.82) is 0 Å². The highest BCUT2D eigenvalue weighted by Gasteiger charge is 2.55. The molecule has 1 aromatic heterocycles. The fourth-order valence-electron chi connectivity index (χ4n) is 4.07. The molecule has 6 nitrogen and oxygen atoms in total. The largest absolute Gasteiger partial charge is 0.376 e. The van der Waals surface area contributed by atoms with E-state index in [0.717, 1.165) is 17.5 Å². The molecule has 1 aliphatic carbocycles. The molecule has 2 N–H and O–H groups in total. The second-order valence-corrected chi connectivity index (χ2v) is 7.37. The van der Waals surface area contributed by atoms with E-state index >= 15 is 0 Å². The molecule has 0 bridgehead atoms. The van der Waals surface area contributed by atoms with Gasteiger partial charge in [-0.25, -0.2) is 0 Å². The van der Waals surface area contributed by atoms with Crippen molar-refractivity contribution >= 4 is 34.3 Å². The Morgan fingerprint density at radius 1 is 1.27 bits per heavy atom.